The highest BCUT2D eigenvalue weighted by molar-refractivity contribution is 5.30. The maximum absolute atomic E-state index is 5.96. The first-order valence-corrected chi connectivity index (χ1v) is 6.57. The van der Waals surface area contributed by atoms with E-state index in [9.17, 15) is 0 Å². The Labute approximate surface area is 105 Å². The first kappa shape index (κ1) is 12.6. The van der Waals surface area contributed by atoms with Gasteiger partial charge in [-0.15, -0.1) is 0 Å². The van der Waals surface area contributed by atoms with Crippen LogP contribution in [-0.2, 0) is 17.8 Å². The van der Waals surface area contributed by atoms with Gasteiger partial charge >= 0.3 is 0 Å². The summed E-state index contributed by atoms with van der Waals surface area (Å²) in [7, 11) is 2.16. The van der Waals surface area contributed by atoms with Crippen molar-refractivity contribution in [3.63, 3.8) is 0 Å². The van der Waals surface area contributed by atoms with Crippen molar-refractivity contribution in [1.82, 2.24) is 4.90 Å². The quantitative estimate of drug-likeness (QED) is 0.793. The zero-order chi connectivity index (χ0) is 12.3. The zero-order valence-corrected chi connectivity index (χ0v) is 11.2. The fourth-order valence-electron chi connectivity index (χ4n) is 2.44. The van der Waals surface area contributed by atoms with Crippen molar-refractivity contribution in [3.05, 3.63) is 34.9 Å². The van der Waals surface area contributed by atoms with Crippen LogP contribution >= 0.6 is 0 Å². The maximum Gasteiger partial charge on any atom is 0.0721 e. The van der Waals surface area contributed by atoms with Gasteiger partial charge in [0.2, 0.25) is 0 Å². The third kappa shape index (κ3) is 3.30. The van der Waals surface area contributed by atoms with E-state index in [2.05, 4.69) is 44.0 Å². The lowest BCUT2D eigenvalue weighted by molar-refractivity contribution is 0.0483. The van der Waals surface area contributed by atoms with Crippen molar-refractivity contribution >= 4 is 0 Å². The van der Waals surface area contributed by atoms with Gasteiger partial charge in [0, 0.05) is 13.1 Å². The number of hydrogen-bond acceptors (Lipinski definition) is 2. The number of ether oxygens (including phenoxy) is 1. The molecule has 1 aliphatic heterocycles. The molecule has 1 fully saturated rings. The molecule has 1 unspecified atom stereocenters. The molecule has 94 valence electrons. The fraction of sp³-hybridized carbons (Fsp3) is 0.600. The molecule has 0 N–H and O–H groups in total. The second kappa shape index (κ2) is 5.65. The average molecular weight is 233 g/mol. The highest BCUT2D eigenvalue weighted by atomic mass is 16.5. The highest BCUT2D eigenvalue weighted by Gasteiger charge is 2.19. The van der Waals surface area contributed by atoms with E-state index < -0.39 is 0 Å². The molecule has 2 nitrogen and oxygen atoms in total. The van der Waals surface area contributed by atoms with Crippen molar-refractivity contribution in [1.29, 1.82) is 0 Å². The summed E-state index contributed by atoms with van der Waals surface area (Å²) in [6.07, 6.45) is 2.70. The number of likely N-dealkylation sites (tertiary alicyclic amines) is 1. The smallest absolute Gasteiger partial charge is 0.0721 e. The number of hydrogen-bond donors (Lipinski definition) is 0. The Morgan fingerprint density at radius 2 is 2.24 bits per heavy atom. The maximum atomic E-state index is 5.96. The van der Waals surface area contributed by atoms with Gasteiger partial charge in [0.15, 0.2) is 0 Å². The number of benzene rings is 1. The molecule has 2 rings (SSSR count). The summed E-state index contributed by atoms with van der Waals surface area (Å²) in [5.74, 6) is 0. The van der Waals surface area contributed by atoms with Crippen molar-refractivity contribution in [2.45, 2.75) is 39.4 Å². The molecule has 1 aromatic carbocycles. The summed E-state index contributed by atoms with van der Waals surface area (Å²) < 4.78 is 5.96. The largest absolute Gasteiger partial charge is 0.372 e. The molecule has 1 aromatic rings. The van der Waals surface area contributed by atoms with Gasteiger partial charge in [0.05, 0.1) is 12.7 Å². The monoisotopic (exact) mass is 233 g/mol. The van der Waals surface area contributed by atoms with Gasteiger partial charge in [-0.2, -0.15) is 0 Å². The molecule has 0 spiro atoms. The topological polar surface area (TPSA) is 12.5 Å². The predicted octanol–water partition coefficient (Wildman–Crippen LogP) is 2.78. The van der Waals surface area contributed by atoms with Gasteiger partial charge in [-0.1, -0.05) is 25.1 Å². The normalized spacial score (nSPS) is 21.0. The lowest BCUT2D eigenvalue weighted by atomic mass is 10.0. The van der Waals surface area contributed by atoms with Crippen molar-refractivity contribution in [2.24, 2.45) is 0 Å². The Kier molecular flexibility index (Phi) is 4.19. The Morgan fingerprint density at radius 1 is 1.41 bits per heavy atom. The van der Waals surface area contributed by atoms with Gasteiger partial charge in [0.1, 0.15) is 0 Å². The SMILES string of the molecule is CCc1cc(COC2CCN(C)C2)ccc1C. The summed E-state index contributed by atoms with van der Waals surface area (Å²) in [6.45, 7) is 7.38. The third-order valence-electron chi connectivity index (χ3n) is 3.63. The third-order valence-corrected chi connectivity index (χ3v) is 3.63. The molecule has 0 radical (unpaired) electrons. The van der Waals surface area contributed by atoms with Gasteiger partial charge in [-0.05, 0) is 43.5 Å². The van der Waals surface area contributed by atoms with E-state index in [1.54, 1.807) is 0 Å². The molecule has 0 saturated carbocycles. The minimum atomic E-state index is 0.423. The van der Waals surface area contributed by atoms with E-state index in [0.717, 1.165) is 19.6 Å². The Hall–Kier alpha value is -0.860. The van der Waals surface area contributed by atoms with Gasteiger partial charge in [-0.25, -0.2) is 0 Å². The van der Waals surface area contributed by atoms with Crippen LogP contribution in [0.1, 0.15) is 30.0 Å². The molecule has 0 bridgehead atoms. The second-order valence-electron chi connectivity index (χ2n) is 5.10. The van der Waals surface area contributed by atoms with E-state index >= 15 is 0 Å². The molecule has 17 heavy (non-hydrogen) atoms. The number of likely N-dealkylation sites (N-methyl/N-ethyl adjacent to an activating group) is 1. The summed E-state index contributed by atoms with van der Waals surface area (Å²) in [5.41, 5.74) is 4.13. The van der Waals surface area contributed by atoms with Gasteiger partial charge in [0.25, 0.3) is 0 Å². The molecule has 1 atom stereocenters. The van der Waals surface area contributed by atoms with Crippen LogP contribution in [-0.4, -0.2) is 31.1 Å². The number of nitrogens with zero attached hydrogens (tertiary/aromatic N) is 1. The molecule has 0 amide bonds. The summed E-state index contributed by atoms with van der Waals surface area (Å²) in [4.78, 5) is 2.33. The van der Waals surface area contributed by atoms with Crippen LogP contribution in [0.2, 0.25) is 0 Å². The van der Waals surface area contributed by atoms with E-state index in [1.807, 2.05) is 0 Å². The fourth-order valence-corrected chi connectivity index (χ4v) is 2.44. The summed E-state index contributed by atoms with van der Waals surface area (Å²) >= 11 is 0. The highest BCUT2D eigenvalue weighted by Crippen LogP contribution is 2.16. The average Bonchev–Trinajstić information content (AvgIpc) is 2.74. The van der Waals surface area contributed by atoms with Crippen LogP contribution < -0.4 is 0 Å². The van der Waals surface area contributed by atoms with Crippen LogP contribution in [0.15, 0.2) is 18.2 Å². The lowest BCUT2D eigenvalue weighted by Gasteiger charge is -2.13. The van der Waals surface area contributed by atoms with Crippen molar-refractivity contribution in [2.75, 3.05) is 20.1 Å². The molecule has 1 saturated heterocycles. The molecule has 1 heterocycles. The van der Waals surface area contributed by atoms with Crippen LogP contribution in [0.3, 0.4) is 0 Å². The van der Waals surface area contributed by atoms with Gasteiger partial charge < -0.3 is 9.64 Å². The van der Waals surface area contributed by atoms with E-state index in [0.29, 0.717) is 6.10 Å². The van der Waals surface area contributed by atoms with Crippen LogP contribution in [0.25, 0.3) is 0 Å². The predicted molar refractivity (Wildman–Crippen MR) is 71.2 cm³/mol. The molecular weight excluding hydrogens is 210 g/mol. The van der Waals surface area contributed by atoms with Crippen molar-refractivity contribution in [3.8, 4) is 0 Å². The van der Waals surface area contributed by atoms with E-state index in [-0.39, 0.29) is 0 Å². The minimum absolute atomic E-state index is 0.423. The van der Waals surface area contributed by atoms with Crippen LogP contribution in [0.5, 0.6) is 0 Å². The number of rotatable bonds is 4. The standard InChI is InChI=1S/C15H23NO/c1-4-14-9-13(6-5-12(14)2)11-17-15-7-8-16(3)10-15/h5-6,9,15H,4,7-8,10-11H2,1-3H3. The van der Waals surface area contributed by atoms with E-state index in [4.69, 9.17) is 4.74 Å². The number of aryl methyl sites for hydroxylation is 2. The molecule has 0 aromatic heterocycles. The molecular formula is C15H23NO. The summed E-state index contributed by atoms with van der Waals surface area (Å²) in [5, 5.41) is 0. The van der Waals surface area contributed by atoms with E-state index in [1.165, 1.54) is 29.7 Å². The van der Waals surface area contributed by atoms with Gasteiger partial charge in [-0.3, -0.25) is 0 Å². The minimum Gasteiger partial charge on any atom is -0.372 e. The molecule has 1 aliphatic rings. The second-order valence-corrected chi connectivity index (χ2v) is 5.10. The zero-order valence-electron chi connectivity index (χ0n) is 11.2. The first-order valence-electron chi connectivity index (χ1n) is 6.57. The lowest BCUT2D eigenvalue weighted by Crippen LogP contribution is -2.19. The van der Waals surface area contributed by atoms with Crippen LogP contribution in [0.4, 0.5) is 0 Å². The Morgan fingerprint density at radius 3 is 2.88 bits per heavy atom. The van der Waals surface area contributed by atoms with Crippen molar-refractivity contribution < 1.29 is 4.74 Å². The van der Waals surface area contributed by atoms with Crippen LogP contribution in [0, 0.1) is 6.92 Å². The Balaban J connectivity index is 1.90. The Bertz CT molecular complexity index is 375. The molecule has 2 heteroatoms. The summed E-state index contributed by atoms with van der Waals surface area (Å²) in [6, 6.07) is 6.68. The molecule has 0 aliphatic carbocycles. The first-order chi connectivity index (χ1) is 8.19.